The molecular formula is C19H16N4O2S. The number of carbonyl (C=O) groups excluding carboxylic acids is 1. The molecule has 2 aromatic carbocycles. The van der Waals surface area contributed by atoms with Gasteiger partial charge in [-0.1, -0.05) is 41.2 Å². The van der Waals surface area contributed by atoms with Crippen LogP contribution < -0.4 is 5.32 Å². The van der Waals surface area contributed by atoms with Crippen LogP contribution in [-0.4, -0.2) is 21.1 Å². The molecule has 0 aliphatic carbocycles. The van der Waals surface area contributed by atoms with Crippen molar-refractivity contribution >= 4 is 32.6 Å². The van der Waals surface area contributed by atoms with E-state index >= 15 is 0 Å². The van der Waals surface area contributed by atoms with Gasteiger partial charge < -0.3 is 9.73 Å². The quantitative estimate of drug-likeness (QED) is 0.573. The molecule has 7 heteroatoms. The molecule has 0 spiro atoms. The average molecular weight is 364 g/mol. The van der Waals surface area contributed by atoms with E-state index in [1.165, 1.54) is 16.9 Å². The molecule has 0 saturated heterocycles. The summed E-state index contributed by atoms with van der Waals surface area (Å²) >= 11 is 1.46. The standard InChI is InChI=1S/C19H16N4O2S/c1-12-6-8-13(9-7-12)18-23-22-17(25-18)11-10-16(24)21-19-20-14-4-2-3-5-15(14)26-19/h2-9H,10-11H2,1H3,(H,20,21,24). The molecule has 26 heavy (non-hydrogen) atoms. The summed E-state index contributed by atoms with van der Waals surface area (Å²) < 4.78 is 6.69. The summed E-state index contributed by atoms with van der Waals surface area (Å²) in [5, 5.41) is 11.5. The number of carbonyl (C=O) groups is 1. The number of anilines is 1. The van der Waals surface area contributed by atoms with E-state index in [1.54, 1.807) is 0 Å². The van der Waals surface area contributed by atoms with Crippen molar-refractivity contribution in [2.45, 2.75) is 19.8 Å². The molecule has 1 amide bonds. The van der Waals surface area contributed by atoms with Gasteiger partial charge in [-0.3, -0.25) is 4.79 Å². The maximum Gasteiger partial charge on any atom is 0.247 e. The Morgan fingerprint density at radius 3 is 2.73 bits per heavy atom. The molecule has 0 fully saturated rings. The third-order valence-corrected chi connectivity index (χ3v) is 4.82. The van der Waals surface area contributed by atoms with Gasteiger partial charge in [-0.25, -0.2) is 4.98 Å². The Hall–Kier alpha value is -3.06. The molecule has 0 atom stereocenters. The van der Waals surface area contributed by atoms with Gasteiger partial charge in [-0.2, -0.15) is 0 Å². The first-order valence-corrected chi connectivity index (χ1v) is 9.04. The van der Waals surface area contributed by atoms with Crippen molar-refractivity contribution in [3.63, 3.8) is 0 Å². The van der Waals surface area contributed by atoms with Crippen molar-refractivity contribution < 1.29 is 9.21 Å². The number of para-hydroxylation sites is 1. The summed E-state index contributed by atoms with van der Waals surface area (Å²) in [7, 11) is 0. The zero-order valence-electron chi connectivity index (χ0n) is 14.1. The minimum Gasteiger partial charge on any atom is -0.421 e. The maximum absolute atomic E-state index is 12.1. The first-order chi connectivity index (χ1) is 12.7. The van der Waals surface area contributed by atoms with Crippen LogP contribution in [0.3, 0.4) is 0 Å². The lowest BCUT2D eigenvalue weighted by molar-refractivity contribution is -0.116. The normalized spacial score (nSPS) is 11.0. The second-order valence-electron chi connectivity index (χ2n) is 5.90. The average Bonchev–Trinajstić information content (AvgIpc) is 3.27. The van der Waals surface area contributed by atoms with E-state index in [9.17, 15) is 4.79 Å². The van der Waals surface area contributed by atoms with Crippen LogP contribution in [0.1, 0.15) is 17.9 Å². The van der Waals surface area contributed by atoms with E-state index in [2.05, 4.69) is 20.5 Å². The maximum atomic E-state index is 12.1. The van der Waals surface area contributed by atoms with Gasteiger partial charge in [0.2, 0.25) is 17.7 Å². The summed E-state index contributed by atoms with van der Waals surface area (Å²) in [4.78, 5) is 16.5. The van der Waals surface area contributed by atoms with Crippen LogP contribution in [0, 0.1) is 6.92 Å². The van der Waals surface area contributed by atoms with Crippen LogP contribution in [0.2, 0.25) is 0 Å². The van der Waals surface area contributed by atoms with Crippen LogP contribution in [0.5, 0.6) is 0 Å². The summed E-state index contributed by atoms with van der Waals surface area (Å²) in [5.74, 6) is 0.783. The molecule has 2 aromatic heterocycles. The molecule has 0 saturated carbocycles. The van der Waals surface area contributed by atoms with E-state index in [-0.39, 0.29) is 12.3 Å². The second-order valence-corrected chi connectivity index (χ2v) is 6.93. The van der Waals surface area contributed by atoms with E-state index in [0.717, 1.165) is 15.8 Å². The van der Waals surface area contributed by atoms with Crippen molar-refractivity contribution in [2.24, 2.45) is 0 Å². The topological polar surface area (TPSA) is 80.9 Å². The van der Waals surface area contributed by atoms with Crippen LogP contribution >= 0.6 is 11.3 Å². The highest BCUT2D eigenvalue weighted by molar-refractivity contribution is 7.22. The molecule has 0 radical (unpaired) electrons. The fourth-order valence-electron chi connectivity index (χ4n) is 2.50. The smallest absolute Gasteiger partial charge is 0.247 e. The Morgan fingerprint density at radius 1 is 1.12 bits per heavy atom. The van der Waals surface area contributed by atoms with Crippen molar-refractivity contribution in [2.75, 3.05) is 5.32 Å². The lowest BCUT2D eigenvalue weighted by atomic mass is 10.1. The van der Waals surface area contributed by atoms with Crippen molar-refractivity contribution in [3.05, 3.63) is 60.0 Å². The molecule has 0 aliphatic rings. The molecule has 2 heterocycles. The largest absolute Gasteiger partial charge is 0.421 e. The highest BCUT2D eigenvalue weighted by Gasteiger charge is 2.12. The molecule has 0 bridgehead atoms. The number of hydrogen-bond acceptors (Lipinski definition) is 6. The van der Waals surface area contributed by atoms with Crippen LogP contribution in [0.25, 0.3) is 21.7 Å². The summed E-state index contributed by atoms with van der Waals surface area (Å²) in [6, 6.07) is 15.6. The number of nitrogens with zero attached hydrogens (tertiary/aromatic N) is 3. The first kappa shape index (κ1) is 16.4. The van der Waals surface area contributed by atoms with E-state index < -0.39 is 0 Å². The zero-order chi connectivity index (χ0) is 17.9. The number of hydrogen-bond donors (Lipinski definition) is 1. The number of nitrogens with one attached hydrogen (secondary N) is 1. The number of amides is 1. The Morgan fingerprint density at radius 2 is 1.92 bits per heavy atom. The summed E-state index contributed by atoms with van der Waals surface area (Å²) in [6.07, 6.45) is 0.640. The number of rotatable bonds is 5. The zero-order valence-corrected chi connectivity index (χ0v) is 14.9. The number of thiazole rings is 1. The van der Waals surface area contributed by atoms with Gasteiger partial charge in [0.15, 0.2) is 5.13 Å². The Labute approximate surface area is 153 Å². The lowest BCUT2D eigenvalue weighted by Crippen LogP contribution is -2.12. The van der Waals surface area contributed by atoms with Gasteiger partial charge in [0.25, 0.3) is 0 Å². The lowest BCUT2D eigenvalue weighted by Gasteiger charge is -1.99. The fourth-order valence-corrected chi connectivity index (χ4v) is 3.38. The van der Waals surface area contributed by atoms with Crippen molar-refractivity contribution in [1.29, 1.82) is 0 Å². The SMILES string of the molecule is Cc1ccc(-c2nnc(CCC(=O)Nc3nc4ccccc4s3)o2)cc1. The Balaban J connectivity index is 1.36. The van der Waals surface area contributed by atoms with Gasteiger partial charge in [0.1, 0.15) is 0 Å². The minimum absolute atomic E-state index is 0.126. The molecular weight excluding hydrogens is 348 g/mol. The Kier molecular flexibility index (Phi) is 4.45. The first-order valence-electron chi connectivity index (χ1n) is 8.22. The molecule has 6 nitrogen and oxygen atoms in total. The third kappa shape index (κ3) is 3.62. The van der Waals surface area contributed by atoms with E-state index in [0.29, 0.717) is 23.3 Å². The fraction of sp³-hybridized carbons (Fsp3) is 0.158. The van der Waals surface area contributed by atoms with Gasteiger partial charge in [0.05, 0.1) is 10.2 Å². The molecule has 0 unspecified atom stereocenters. The number of fused-ring (bicyclic) bond motifs is 1. The predicted octanol–water partition coefficient (Wildman–Crippen LogP) is 4.23. The van der Waals surface area contributed by atoms with Crippen LogP contribution in [0.15, 0.2) is 52.9 Å². The minimum atomic E-state index is -0.126. The van der Waals surface area contributed by atoms with E-state index in [4.69, 9.17) is 4.42 Å². The second kappa shape index (κ2) is 7.05. The predicted molar refractivity (Wildman–Crippen MR) is 101 cm³/mol. The van der Waals surface area contributed by atoms with Crippen LogP contribution in [-0.2, 0) is 11.2 Å². The van der Waals surface area contributed by atoms with Gasteiger partial charge in [-0.15, -0.1) is 10.2 Å². The highest BCUT2D eigenvalue weighted by atomic mass is 32.1. The molecule has 1 N–H and O–H groups in total. The highest BCUT2D eigenvalue weighted by Crippen LogP contribution is 2.25. The third-order valence-electron chi connectivity index (χ3n) is 3.87. The van der Waals surface area contributed by atoms with Gasteiger partial charge in [-0.05, 0) is 31.2 Å². The van der Waals surface area contributed by atoms with Crippen molar-refractivity contribution in [1.82, 2.24) is 15.2 Å². The Bertz CT molecular complexity index is 1020. The molecule has 0 aliphatic heterocycles. The van der Waals surface area contributed by atoms with E-state index in [1.807, 2.05) is 55.5 Å². The van der Waals surface area contributed by atoms with Gasteiger partial charge in [0, 0.05) is 18.4 Å². The van der Waals surface area contributed by atoms with Crippen LogP contribution in [0.4, 0.5) is 5.13 Å². The monoisotopic (exact) mass is 364 g/mol. The molecule has 4 aromatic rings. The van der Waals surface area contributed by atoms with Gasteiger partial charge >= 0.3 is 0 Å². The molecule has 4 rings (SSSR count). The molecule has 130 valence electrons. The number of benzene rings is 2. The van der Waals surface area contributed by atoms with Crippen molar-refractivity contribution in [3.8, 4) is 11.5 Å². The number of aryl methyl sites for hydroxylation is 2. The summed E-state index contributed by atoms with van der Waals surface area (Å²) in [6.45, 7) is 2.02. The summed E-state index contributed by atoms with van der Waals surface area (Å²) in [5.41, 5.74) is 2.92. The number of aromatic nitrogens is 3.